The summed E-state index contributed by atoms with van der Waals surface area (Å²) in [7, 11) is 0. The zero-order valence-corrected chi connectivity index (χ0v) is 16.3. The second kappa shape index (κ2) is 7.77. The Balaban J connectivity index is 1.55. The maximum atomic E-state index is 6.03. The van der Waals surface area contributed by atoms with Gasteiger partial charge in [-0.05, 0) is 60.9 Å². The van der Waals surface area contributed by atoms with Crippen LogP contribution >= 0.6 is 11.3 Å². The summed E-state index contributed by atoms with van der Waals surface area (Å²) in [6.45, 7) is 4.83. The van der Waals surface area contributed by atoms with E-state index in [-0.39, 0.29) is 0 Å². The van der Waals surface area contributed by atoms with E-state index in [9.17, 15) is 0 Å². The number of thiazole rings is 1. The average Bonchev–Trinajstić information content (AvgIpc) is 3.08. The first kappa shape index (κ1) is 17.5. The van der Waals surface area contributed by atoms with E-state index in [0.717, 1.165) is 27.4 Å². The monoisotopic (exact) mass is 371 g/mol. The third-order valence-corrected chi connectivity index (χ3v) is 5.57. The SMILES string of the molecule is Cc1cc2nc(C=Cc3ccccc3OCc3ccccc3)sc2cc1C. The van der Waals surface area contributed by atoms with Crippen molar-refractivity contribution in [2.24, 2.45) is 0 Å². The van der Waals surface area contributed by atoms with Crippen molar-refractivity contribution in [2.45, 2.75) is 20.5 Å². The van der Waals surface area contributed by atoms with Gasteiger partial charge in [-0.25, -0.2) is 4.98 Å². The third kappa shape index (κ3) is 4.09. The Bertz CT molecular complexity index is 1060. The summed E-state index contributed by atoms with van der Waals surface area (Å²) < 4.78 is 7.26. The van der Waals surface area contributed by atoms with Crippen molar-refractivity contribution in [3.05, 3.63) is 94.0 Å². The highest BCUT2D eigenvalue weighted by Crippen LogP contribution is 2.27. The molecule has 0 bridgehead atoms. The summed E-state index contributed by atoms with van der Waals surface area (Å²) in [6.07, 6.45) is 4.15. The van der Waals surface area contributed by atoms with E-state index in [1.807, 2.05) is 36.4 Å². The third-order valence-electron chi connectivity index (χ3n) is 4.58. The first-order valence-corrected chi connectivity index (χ1v) is 9.82. The molecule has 0 spiro atoms. The molecule has 3 aromatic carbocycles. The fraction of sp³-hybridized carbons (Fsp3) is 0.125. The zero-order chi connectivity index (χ0) is 18.6. The molecule has 0 atom stereocenters. The second-order valence-electron chi connectivity index (χ2n) is 6.60. The smallest absolute Gasteiger partial charge is 0.127 e. The van der Waals surface area contributed by atoms with Gasteiger partial charge >= 0.3 is 0 Å². The Morgan fingerprint density at radius 3 is 2.48 bits per heavy atom. The van der Waals surface area contributed by atoms with E-state index >= 15 is 0 Å². The minimum atomic E-state index is 0.561. The van der Waals surface area contributed by atoms with Crippen molar-refractivity contribution >= 4 is 33.7 Å². The molecule has 0 saturated heterocycles. The lowest BCUT2D eigenvalue weighted by Gasteiger charge is -2.09. The molecular formula is C24H21NOS. The van der Waals surface area contributed by atoms with Gasteiger partial charge in [-0.2, -0.15) is 0 Å². The summed E-state index contributed by atoms with van der Waals surface area (Å²) in [5.74, 6) is 0.880. The minimum absolute atomic E-state index is 0.561. The molecule has 4 aromatic rings. The molecule has 0 aliphatic carbocycles. The van der Waals surface area contributed by atoms with E-state index < -0.39 is 0 Å². The molecule has 3 heteroatoms. The van der Waals surface area contributed by atoms with Gasteiger partial charge in [0.2, 0.25) is 0 Å². The molecule has 0 amide bonds. The number of para-hydroxylation sites is 1. The van der Waals surface area contributed by atoms with Crippen molar-refractivity contribution in [2.75, 3.05) is 0 Å². The van der Waals surface area contributed by atoms with Gasteiger partial charge in [0.15, 0.2) is 0 Å². The molecule has 4 rings (SSSR count). The zero-order valence-electron chi connectivity index (χ0n) is 15.5. The Morgan fingerprint density at radius 1 is 0.889 bits per heavy atom. The van der Waals surface area contributed by atoms with Crippen LogP contribution in [-0.2, 0) is 6.61 Å². The van der Waals surface area contributed by atoms with E-state index in [1.54, 1.807) is 11.3 Å². The maximum Gasteiger partial charge on any atom is 0.127 e. The summed E-state index contributed by atoms with van der Waals surface area (Å²) in [6, 6.07) is 22.7. The number of hydrogen-bond donors (Lipinski definition) is 0. The number of aromatic nitrogens is 1. The molecule has 0 aliphatic heterocycles. The molecule has 1 heterocycles. The van der Waals surface area contributed by atoms with Gasteiger partial charge in [0.05, 0.1) is 10.2 Å². The summed E-state index contributed by atoms with van der Waals surface area (Å²) in [5, 5.41) is 1.01. The lowest BCUT2D eigenvalue weighted by atomic mass is 10.1. The van der Waals surface area contributed by atoms with Gasteiger partial charge in [0.1, 0.15) is 17.4 Å². The Morgan fingerprint density at radius 2 is 1.63 bits per heavy atom. The highest BCUT2D eigenvalue weighted by molar-refractivity contribution is 7.19. The fourth-order valence-electron chi connectivity index (χ4n) is 2.92. The summed E-state index contributed by atoms with van der Waals surface area (Å²) >= 11 is 1.72. The standard InChI is InChI=1S/C24H21NOS/c1-17-14-21-23(15-18(17)2)27-24(25-21)13-12-20-10-6-7-11-22(20)26-16-19-8-4-3-5-9-19/h3-15H,16H2,1-2H3. The van der Waals surface area contributed by atoms with Crippen molar-refractivity contribution in [1.29, 1.82) is 0 Å². The van der Waals surface area contributed by atoms with Crippen LogP contribution in [-0.4, -0.2) is 4.98 Å². The van der Waals surface area contributed by atoms with Crippen LogP contribution in [0, 0.1) is 13.8 Å². The van der Waals surface area contributed by atoms with Crippen LogP contribution in [0.5, 0.6) is 5.75 Å². The molecule has 1 aromatic heterocycles. The minimum Gasteiger partial charge on any atom is -0.488 e. The van der Waals surface area contributed by atoms with Crippen molar-refractivity contribution in [3.63, 3.8) is 0 Å². The Kier molecular flexibility index (Phi) is 5.03. The van der Waals surface area contributed by atoms with Gasteiger partial charge in [-0.1, -0.05) is 48.5 Å². The summed E-state index contributed by atoms with van der Waals surface area (Å²) in [5.41, 5.74) is 5.87. The number of aryl methyl sites for hydroxylation is 2. The normalized spacial score (nSPS) is 11.3. The topological polar surface area (TPSA) is 22.1 Å². The molecule has 2 nitrogen and oxygen atoms in total. The van der Waals surface area contributed by atoms with Crippen LogP contribution in [0.1, 0.15) is 27.3 Å². The average molecular weight is 372 g/mol. The van der Waals surface area contributed by atoms with E-state index in [1.165, 1.54) is 15.8 Å². The molecule has 0 saturated carbocycles. The van der Waals surface area contributed by atoms with Crippen molar-refractivity contribution < 1.29 is 4.74 Å². The fourth-order valence-corrected chi connectivity index (χ4v) is 3.87. The molecule has 134 valence electrons. The Hall–Kier alpha value is -2.91. The molecule has 0 aliphatic rings. The van der Waals surface area contributed by atoms with Gasteiger partial charge in [0.25, 0.3) is 0 Å². The number of benzene rings is 3. The van der Waals surface area contributed by atoms with Crippen LogP contribution in [0.15, 0.2) is 66.7 Å². The molecule has 0 fully saturated rings. The number of nitrogens with zero attached hydrogens (tertiary/aromatic N) is 1. The second-order valence-corrected chi connectivity index (χ2v) is 7.66. The van der Waals surface area contributed by atoms with Crippen LogP contribution < -0.4 is 4.74 Å². The molecule has 0 radical (unpaired) electrons. The van der Waals surface area contributed by atoms with E-state index in [0.29, 0.717) is 6.61 Å². The van der Waals surface area contributed by atoms with Crippen molar-refractivity contribution in [1.82, 2.24) is 4.98 Å². The lowest BCUT2D eigenvalue weighted by Crippen LogP contribution is -1.96. The first-order valence-electron chi connectivity index (χ1n) is 9.01. The van der Waals surface area contributed by atoms with Gasteiger partial charge in [-0.3, -0.25) is 0 Å². The highest BCUT2D eigenvalue weighted by atomic mass is 32.1. The number of ether oxygens (including phenoxy) is 1. The van der Waals surface area contributed by atoms with E-state index in [2.05, 4.69) is 56.3 Å². The summed E-state index contributed by atoms with van der Waals surface area (Å²) in [4.78, 5) is 4.74. The lowest BCUT2D eigenvalue weighted by molar-refractivity contribution is 0.305. The molecular weight excluding hydrogens is 350 g/mol. The molecule has 0 unspecified atom stereocenters. The highest BCUT2D eigenvalue weighted by Gasteiger charge is 2.05. The predicted molar refractivity (Wildman–Crippen MR) is 115 cm³/mol. The van der Waals surface area contributed by atoms with Gasteiger partial charge in [0, 0.05) is 5.56 Å². The number of rotatable bonds is 5. The first-order chi connectivity index (χ1) is 13.2. The molecule has 0 N–H and O–H groups in total. The largest absolute Gasteiger partial charge is 0.488 e. The van der Waals surface area contributed by atoms with Crippen LogP contribution in [0.4, 0.5) is 0 Å². The number of fused-ring (bicyclic) bond motifs is 1. The molecule has 27 heavy (non-hydrogen) atoms. The quantitative estimate of drug-likeness (QED) is 0.391. The van der Waals surface area contributed by atoms with E-state index in [4.69, 9.17) is 9.72 Å². The Labute approximate surface area is 163 Å². The maximum absolute atomic E-state index is 6.03. The predicted octanol–water partition coefficient (Wildman–Crippen LogP) is 6.66. The van der Waals surface area contributed by atoms with Crippen molar-refractivity contribution in [3.8, 4) is 5.75 Å². The van der Waals surface area contributed by atoms with Crippen LogP contribution in [0.3, 0.4) is 0 Å². The van der Waals surface area contributed by atoms with Crippen LogP contribution in [0.25, 0.3) is 22.4 Å². The van der Waals surface area contributed by atoms with Gasteiger partial charge in [-0.15, -0.1) is 11.3 Å². The van der Waals surface area contributed by atoms with Crippen LogP contribution in [0.2, 0.25) is 0 Å². The number of hydrogen-bond acceptors (Lipinski definition) is 3. The van der Waals surface area contributed by atoms with Gasteiger partial charge < -0.3 is 4.74 Å².